The molecule has 0 spiro atoms. The van der Waals surface area contributed by atoms with Crippen LogP contribution in [0.1, 0.15) is 26.3 Å². The van der Waals surface area contributed by atoms with Crippen molar-refractivity contribution in [1.82, 2.24) is 0 Å². The highest BCUT2D eigenvalue weighted by Crippen LogP contribution is 2.29. The second kappa shape index (κ2) is 4.78. The van der Waals surface area contributed by atoms with Gasteiger partial charge in [-0.05, 0) is 28.5 Å². The standard InChI is InChI=1S/C20H12O2/c21-19-12-18(20(22)17-8-4-3-7-16(17)19)15-10-9-13-5-1-2-6-14(13)11-15/h1-12H. The van der Waals surface area contributed by atoms with E-state index in [0.29, 0.717) is 16.7 Å². The minimum Gasteiger partial charge on any atom is -0.289 e. The Labute approximate surface area is 127 Å². The van der Waals surface area contributed by atoms with E-state index in [-0.39, 0.29) is 11.6 Å². The van der Waals surface area contributed by atoms with Gasteiger partial charge in [-0.15, -0.1) is 0 Å². The Hall–Kier alpha value is -3.00. The zero-order valence-electron chi connectivity index (χ0n) is 11.7. The lowest BCUT2D eigenvalue weighted by Crippen LogP contribution is -2.15. The smallest absolute Gasteiger partial charge is 0.194 e. The minimum atomic E-state index is -0.113. The Balaban J connectivity index is 1.88. The third-order valence-electron chi connectivity index (χ3n) is 4.02. The molecule has 0 aliphatic heterocycles. The summed E-state index contributed by atoms with van der Waals surface area (Å²) in [6, 6.07) is 20.8. The molecular formula is C20H12O2. The van der Waals surface area contributed by atoms with Crippen LogP contribution in [0.5, 0.6) is 0 Å². The van der Waals surface area contributed by atoms with Crippen LogP contribution in [0.2, 0.25) is 0 Å². The second-order valence-electron chi connectivity index (χ2n) is 5.36. The van der Waals surface area contributed by atoms with E-state index in [1.165, 1.54) is 6.08 Å². The molecule has 104 valence electrons. The molecule has 0 fully saturated rings. The van der Waals surface area contributed by atoms with Gasteiger partial charge in [-0.25, -0.2) is 0 Å². The molecule has 1 aliphatic carbocycles. The maximum absolute atomic E-state index is 12.7. The van der Waals surface area contributed by atoms with E-state index < -0.39 is 0 Å². The van der Waals surface area contributed by atoms with Crippen molar-refractivity contribution in [2.24, 2.45) is 0 Å². The van der Waals surface area contributed by atoms with Crippen LogP contribution in [0.15, 0.2) is 72.8 Å². The van der Waals surface area contributed by atoms with E-state index >= 15 is 0 Å². The largest absolute Gasteiger partial charge is 0.289 e. The van der Waals surface area contributed by atoms with Crippen LogP contribution in [0, 0.1) is 0 Å². The van der Waals surface area contributed by atoms with Crippen molar-refractivity contribution in [1.29, 1.82) is 0 Å². The van der Waals surface area contributed by atoms with Gasteiger partial charge in [-0.2, -0.15) is 0 Å². The lowest BCUT2D eigenvalue weighted by atomic mass is 9.86. The van der Waals surface area contributed by atoms with Gasteiger partial charge >= 0.3 is 0 Å². The van der Waals surface area contributed by atoms with Gasteiger partial charge in [-0.3, -0.25) is 9.59 Å². The fraction of sp³-hybridized carbons (Fsp3) is 0. The summed E-state index contributed by atoms with van der Waals surface area (Å²) in [5.41, 5.74) is 2.22. The van der Waals surface area contributed by atoms with Gasteiger partial charge in [0.25, 0.3) is 0 Å². The summed E-state index contributed by atoms with van der Waals surface area (Å²) in [7, 11) is 0. The zero-order chi connectivity index (χ0) is 15.1. The lowest BCUT2D eigenvalue weighted by Gasteiger charge is -2.15. The fourth-order valence-corrected chi connectivity index (χ4v) is 2.89. The van der Waals surface area contributed by atoms with Crippen LogP contribution in [0.25, 0.3) is 16.3 Å². The normalized spacial score (nSPS) is 13.9. The fourth-order valence-electron chi connectivity index (χ4n) is 2.89. The van der Waals surface area contributed by atoms with E-state index in [2.05, 4.69) is 0 Å². The Bertz CT molecular complexity index is 964. The number of carbonyl (C=O) groups is 2. The number of carbonyl (C=O) groups excluding carboxylic acids is 2. The number of benzene rings is 3. The van der Waals surface area contributed by atoms with Crippen molar-refractivity contribution >= 4 is 27.9 Å². The summed E-state index contributed by atoms with van der Waals surface area (Å²) >= 11 is 0. The lowest BCUT2D eigenvalue weighted by molar-refractivity contribution is 0.100. The van der Waals surface area contributed by atoms with Crippen molar-refractivity contribution in [2.45, 2.75) is 0 Å². The first-order valence-corrected chi connectivity index (χ1v) is 7.13. The summed E-state index contributed by atoms with van der Waals surface area (Å²) in [4.78, 5) is 24.9. The maximum atomic E-state index is 12.7. The van der Waals surface area contributed by atoms with Gasteiger partial charge in [0.15, 0.2) is 11.6 Å². The van der Waals surface area contributed by atoms with Crippen molar-refractivity contribution in [2.75, 3.05) is 0 Å². The second-order valence-corrected chi connectivity index (χ2v) is 5.36. The number of allylic oxidation sites excluding steroid dienone is 2. The first kappa shape index (κ1) is 12.7. The number of fused-ring (bicyclic) bond motifs is 2. The van der Waals surface area contributed by atoms with Crippen LogP contribution >= 0.6 is 0 Å². The molecule has 0 unspecified atom stereocenters. The van der Waals surface area contributed by atoms with Crippen LogP contribution in [0.3, 0.4) is 0 Å². The predicted molar refractivity (Wildman–Crippen MR) is 87.0 cm³/mol. The molecule has 0 radical (unpaired) electrons. The molecule has 0 atom stereocenters. The molecule has 0 saturated carbocycles. The number of hydrogen-bond donors (Lipinski definition) is 0. The molecule has 2 heteroatoms. The van der Waals surface area contributed by atoms with E-state index in [1.807, 2.05) is 42.5 Å². The monoisotopic (exact) mass is 284 g/mol. The highest BCUT2D eigenvalue weighted by atomic mass is 16.1. The summed E-state index contributed by atoms with van der Waals surface area (Å²) in [5, 5.41) is 2.17. The average molecular weight is 284 g/mol. The SMILES string of the molecule is O=C1C=C(c2ccc3ccccc3c2)C(=O)c2ccccc21. The van der Waals surface area contributed by atoms with Crippen LogP contribution in [-0.4, -0.2) is 11.6 Å². The van der Waals surface area contributed by atoms with Gasteiger partial charge in [0.05, 0.1) is 0 Å². The highest BCUT2D eigenvalue weighted by Gasteiger charge is 2.25. The molecule has 0 heterocycles. The summed E-state index contributed by atoms with van der Waals surface area (Å²) in [6.07, 6.45) is 1.45. The number of rotatable bonds is 1. The first-order chi connectivity index (χ1) is 10.7. The molecule has 3 aromatic rings. The third kappa shape index (κ3) is 1.89. The number of Topliss-reactive ketones (excluding diaryl/α,β-unsaturated/α-hetero) is 1. The Kier molecular flexibility index (Phi) is 2.76. The molecule has 0 amide bonds. The molecule has 2 nitrogen and oxygen atoms in total. The van der Waals surface area contributed by atoms with Crippen LogP contribution in [-0.2, 0) is 0 Å². The quantitative estimate of drug-likeness (QED) is 0.667. The van der Waals surface area contributed by atoms with Gasteiger partial charge < -0.3 is 0 Å². The Morgan fingerprint density at radius 1 is 0.636 bits per heavy atom. The molecule has 3 aromatic carbocycles. The summed E-state index contributed by atoms with van der Waals surface area (Å²) in [5.74, 6) is -0.205. The highest BCUT2D eigenvalue weighted by molar-refractivity contribution is 6.38. The van der Waals surface area contributed by atoms with Crippen LogP contribution < -0.4 is 0 Å². The van der Waals surface area contributed by atoms with Gasteiger partial charge in [0, 0.05) is 16.7 Å². The summed E-state index contributed by atoms with van der Waals surface area (Å²) < 4.78 is 0. The molecule has 4 rings (SSSR count). The van der Waals surface area contributed by atoms with Crippen molar-refractivity contribution in [3.63, 3.8) is 0 Å². The van der Waals surface area contributed by atoms with Crippen molar-refractivity contribution in [3.8, 4) is 0 Å². The van der Waals surface area contributed by atoms with E-state index in [9.17, 15) is 9.59 Å². The first-order valence-electron chi connectivity index (χ1n) is 7.13. The molecule has 1 aliphatic rings. The van der Waals surface area contributed by atoms with Gasteiger partial charge in [-0.1, -0.05) is 60.7 Å². The topological polar surface area (TPSA) is 34.1 Å². The Morgan fingerprint density at radius 3 is 2.14 bits per heavy atom. The molecule has 0 N–H and O–H groups in total. The van der Waals surface area contributed by atoms with E-state index in [1.54, 1.807) is 24.3 Å². The average Bonchev–Trinajstić information content (AvgIpc) is 2.58. The molecule has 0 bridgehead atoms. The van der Waals surface area contributed by atoms with E-state index in [0.717, 1.165) is 16.3 Å². The predicted octanol–water partition coefficient (Wildman–Crippen LogP) is 4.30. The molecular weight excluding hydrogens is 272 g/mol. The van der Waals surface area contributed by atoms with Crippen molar-refractivity contribution < 1.29 is 9.59 Å². The maximum Gasteiger partial charge on any atom is 0.194 e. The Morgan fingerprint density at radius 2 is 1.32 bits per heavy atom. The zero-order valence-corrected chi connectivity index (χ0v) is 11.7. The minimum absolute atomic E-state index is 0.0921. The molecule has 0 saturated heterocycles. The summed E-state index contributed by atoms with van der Waals surface area (Å²) in [6.45, 7) is 0. The van der Waals surface area contributed by atoms with E-state index in [4.69, 9.17) is 0 Å². The van der Waals surface area contributed by atoms with Crippen LogP contribution in [0.4, 0.5) is 0 Å². The van der Waals surface area contributed by atoms with Crippen molar-refractivity contribution in [3.05, 3.63) is 89.5 Å². The third-order valence-corrected chi connectivity index (χ3v) is 4.02. The number of ketones is 2. The van der Waals surface area contributed by atoms with Gasteiger partial charge in [0.1, 0.15) is 0 Å². The molecule has 0 aromatic heterocycles. The molecule has 22 heavy (non-hydrogen) atoms. The number of hydrogen-bond acceptors (Lipinski definition) is 2. The van der Waals surface area contributed by atoms with Gasteiger partial charge in [0.2, 0.25) is 0 Å².